The van der Waals surface area contributed by atoms with E-state index in [-0.39, 0.29) is 18.2 Å². The van der Waals surface area contributed by atoms with E-state index in [4.69, 9.17) is 9.47 Å². The number of carbonyl (C=O) groups is 1. The first-order valence-corrected chi connectivity index (χ1v) is 7.48. The van der Waals surface area contributed by atoms with E-state index in [1.165, 1.54) is 12.8 Å². The van der Waals surface area contributed by atoms with Crippen LogP contribution in [0.4, 0.5) is 0 Å². The lowest BCUT2D eigenvalue weighted by molar-refractivity contribution is -0.157. The second-order valence-electron chi connectivity index (χ2n) is 5.54. The van der Waals surface area contributed by atoms with Crippen LogP contribution in [-0.4, -0.2) is 51.0 Å². The van der Waals surface area contributed by atoms with Crippen LogP contribution in [0.1, 0.15) is 32.6 Å². The van der Waals surface area contributed by atoms with Gasteiger partial charge in [-0.15, -0.1) is 0 Å². The number of morpholine rings is 1. The van der Waals surface area contributed by atoms with Crippen molar-refractivity contribution < 1.29 is 14.3 Å². The topological polar surface area (TPSA) is 59.6 Å². The van der Waals surface area contributed by atoms with Gasteiger partial charge < -0.3 is 20.1 Å². The molecule has 0 aromatic heterocycles. The first-order valence-electron chi connectivity index (χ1n) is 7.48. The highest BCUT2D eigenvalue weighted by Crippen LogP contribution is 2.18. The summed E-state index contributed by atoms with van der Waals surface area (Å²) in [5.74, 6) is 0.594. The van der Waals surface area contributed by atoms with Gasteiger partial charge in [0.25, 0.3) is 0 Å². The highest BCUT2D eigenvalue weighted by Gasteiger charge is 2.24. The Morgan fingerprint density at radius 2 is 2.11 bits per heavy atom. The Hall–Kier alpha value is -0.650. The second-order valence-corrected chi connectivity index (χ2v) is 5.54. The number of rotatable bonds is 5. The van der Waals surface area contributed by atoms with Gasteiger partial charge in [0.2, 0.25) is 0 Å². The molecule has 5 heteroatoms. The number of nitrogens with one attached hydrogen (secondary N) is 2. The lowest BCUT2D eigenvalue weighted by atomic mass is 9.93. The standard InChI is InChI=1S/C14H26N2O3/c1-11(13-10-16-8-9-18-13)19-14(17)3-2-12-4-6-15-7-5-12/h11-13,15-16H,2-10H2,1H3. The zero-order chi connectivity index (χ0) is 13.5. The summed E-state index contributed by atoms with van der Waals surface area (Å²) in [7, 11) is 0. The third kappa shape index (κ3) is 5.09. The zero-order valence-corrected chi connectivity index (χ0v) is 11.8. The van der Waals surface area contributed by atoms with Crippen LogP contribution in [0.5, 0.6) is 0 Å². The molecule has 2 fully saturated rings. The Morgan fingerprint density at radius 1 is 1.32 bits per heavy atom. The first-order chi connectivity index (χ1) is 9.25. The van der Waals surface area contributed by atoms with Gasteiger partial charge in [0.15, 0.2) is 0 Å². The fraction of sp³-hybridized carbons (Fsp3) is 0.929. The number of hydrogen-bond acceptors (Lipinski definition) is 5. The summed E-state index contributed by atoms with van der Waals surface area (Å²) >= 11 is 0. The van der Waals surface area contributed by atoms with Crippen molar-refractivity contribution in [1.29, 1.82) is 0 Å². The quantitative estimate of drug-likeness (QED) is 0.720. The molecule has 2 aliphatic heterocycles. The maximum Gasteiger partial charge on any atom is 0.306 e. The molecule has 2 saturated heterocycles. The van der Waals surface area contributed by atoms with Gasteiger partial charge in [0.1, 0.15) is 12.2 Å². The summed E-state index contributed by atoms with van der Waals surface area (Å²) in [6, 6.07) is 0. The van der Waals surface area contributed by atoms with Gasteiger partial charge in [-0.05, 0) is 45.2 Å². The number of piperidine rings is 1. The van der Waals surface area contributed by atoms with Crippen molar-refractivity contribution in [1.82, 2.24) is 10.6 Å². The first kappa shape index (κ1) is 14.8. The minimum atomic E-state index is -0.159. The molecule has 0 spiro atoms. The Morgan fingerprint density at radius 3 is 2.79 bits per heavy atom. The van der Waals surface area contributed by atoms with E-state index in [0.717, 1.165) is 32.6 Å². The number of esters is 1. The van der Waals surface area contributed by atoms with Crippen LogP contribution in [0.15, 0.2) is 0 Å². The lowest BCUT2D eigenvalue weighted by Gasteiger charge is -2.28. The molecule has 0 aliphatic carbocycles. The lowest BCUT2D eigenvalue weighted by Crippen LogP contribution is -2.45. The Labute approximate surface area is 115 Å². The van der Waals surface area contributed by atoms with Crippen molar-refractivity contribution in [2.24, 2.45) is 5.92 Å². The van der Waals surface area contributed by atoms with E-state index < -0.39 is 0 Å². The van der Waals surface area contributed by atoms with Crippen LogP contribution in [0.3, 0.4) is 0 Å². The number of carbonyl (C=O) groups excluding carboxylic acids is 1. The Bertz CT molecular complexity index is 274. The molecule has 2 heterocycles. The van der Waals surface area contributed by atoms with Crippen LogP contribution in [0, 0.1) is 5.92 Å². The van der Waals surface area contributed by atoms with Crippen molar-refractivity contribution >= 4 is 5.97 Å². The molecule has 0 aromatic rings. The van der Waals surface area contributed by atoms with E-state index in [9.17, 15) is 4.79 Å². The molecule has 19 heavy (non-hydrogen) atoms. The van der Waals surface area contributed by atoms with Crippen molar-refractivity contribution in [2.75, 3.05) is 32.8 Å². The molecular weight excluding hydrogens is 244 g/mol. The van der Waals surface area contributed by atoms with Crippen LogP contribution < -0.4 is 10.6 Å². The van der Waals surface area contributed by atoms with Crippen molar-refractivity contribution in [3.8, 4) is 0 Å². The molecule has 0 radical (unpaired) electrons. The maximum atomic E-state index is 11.8. The summed E-state index contributed by atoms with van der Waals surface area (Å²) < 4.78 is 11.0. The fourth-order valence-electron chi connectivity index (χ4n) is 2.72. The summed E-state index contributed by atoms with van der Waals surface area (Å²) in [5.41, 5.74) is 0. The van der Waals surface area contributed by atoms with E-state index in [2.05, 4.69) is 10.6 Å². The molecule has 110 valence electrons. The largest absolute Gasteiger partial charge is 0.460 e. The van der Waals surface area contributed by atoms with Crippen molar-refractivity contribution in [3.63, 3.8) is 0 Å². The molecule has 5 nitrogen and oxygen atoms in total. The normalized spacial score (nSPS) is 26.9. The van der Waals surface area contributed by atoms with Crippen LogP contribution in [0.25, 0.3) is 0 Å². The molecule has 2 aliphatic rings. The molecule has 0 bridgehead atoms. The molecule has 0 aromatic carbocycles. The van der Waals surface area contributed by atoms with Gasteiger partial charge in [-0.2, -0.15) is 0 Å². The van der Waals surface area contributed by atoms with Crippen LogP contribution >= 0.6 is 0 Å². The van der Waals surface area contributed by atoms with Gasteiger partial charge in [-0.3, -0.25) is 4.79 Å². The molecule has 2 N–H and O–H groups in total. The predicted molar refractivity (Wildman–Crippen MR) is 73.0 cm³/mol. The zero-order valence-electron chi connectivity index (χ0n) is 11.8. The smallest absolute Gasteiger partial charge is 0.306 e. The van der Waals surface area contributed by atoms with Gasteiger partial charge in [0, 0.05) is 19.5 Å². The molecule has 2 rings (SSSR count). The average molecular weight is 270 g/mol. The molecule has 0 saturated carbocycles. The highest BCUT2D eigenvalue weighted by atomic mass is 16.6. The average Bonchev–Trinajstić information content (AvgIpc) is 2.47. The molecule has 2 atom stereocenters. The monoisotopic (exact) mass is 270 g/mol. The van der Waals surface area contributed by atoms with E-state index in [0.29, 0.717) is 18.9 Å². The van der Waals surface area contributed by atoms with Crippen molar-refractivity contribution in [3.05, 3.63) is 0 Å². The third-order valence-corrected chi connectivity index (χ3v) is 4.01. The van der Waals surface area contributed by atoms with Crippen LogP contribution in [-0.2, 0) is 14.3 Å². The summed E-state index contributed by atoms with van der Waals surface area (Å²) in [6.07, 6.45) is 3.69. The van der Waals surface area contributed by atoms with Crippen molar-refractivity contribution in [2.45, 2.75) is 44.8 Å². The van der Waals surface area contributed by atoms with Gasteiger partial charge >= 0.3 is 5.97 Å². The van der Waals surface area contributed by atoms with E-state index >= 15 is 0 Å². The van der Waals surface area contributed by atoms with E-state index in [1.807, 2.05) is 6.92 Å². The minimum Gasteiger partial charge on any atom is -0.460 e. The SMILES string of the molecule is CC(OC(=O)CCC1CCNCC1)C1CNCCO1. The summed E-state index contributed by atoms with van der Waals surface area (Å²) in [4.78, 5) is 11.8. The highest BCUT2D eigenvalue weighted by molar-refractivity contribution is 5.69. The maximum absolute atomic E-state index is 11.8. The summed E-state index contributed by atoms with van der Waals surface area (Å²) in [5, 5.41) is 6.59. The minimum absolute atomic E-state index is 0.00317. The predicted octanol–water partition coefficient (Wildman–Crippen LogP) is 0.686. The molecule has 0 amide bonds. The van der Waals surface area contributed by atoms with Crippen LogP contribution in [0.2, 0.25) is 0 Å². The number of hydrogen-bond donors (Lipinski definition) is 2. The van der Waals surface area contributed by atoms with Gasteiger partial charge in [0.05, 0.1) is 6.61 Å². The number of ether oxygens (including phenoxy) is 2. The van der Waals surface area contributed by atoms with E-state index in [1.54, 1.807) is 0 Å². The Kier molecular flexibility index (Phi) is 6.07. The second kappa shape index (κ2) is 7.82. The third-order valence-electron chi connectivity index (χ3n) is 4.01. The van der Waals surface area contributed by atoms with Gasteiger partial charge in [-0.1, -0.05) is 0 Å². The molecule has 2 unspecified atom stereocenters. The Balaban J connectivity index is 1.62. The molecular formula is C14H26N2O3. The van der Waals surface area contributed by atoms with Gasteiger partial charge in [-0.25, -0.2) is 0 Å². The summed E-state index contributed by atoms with van der Waals surface area (Å²) in [6.45, 7) is 6.42. The fourth-order valence-corrected chi connectivity index (χ4v) is 2.72.